The molecule has 3 N–H and O–H groups in total. The predicted molar refractivity (Wildman–Crippen MR) is 55.0 cm³/mol. The summed E-state index contributed by atoms with van der Waals surface area (Å²) in [5.74, 6) is -1.83. The average molecular weight is 211 g/mol. The molecular weight excluding hydrogens is 197 g/mol. The van der Waals surface area contributed by atoms with Gasteiger partial charge in [-0.2, -0.15) is 0 Å². The van der Waals surface area contributed by atoms with Crippen molar-refractivity contribution in [3.8, 4) is 0 Å². The largest absolute Gasteiger partial charge is 0.481 e. The molecule has 0 unspecified atom stereocenters. The zero-order valence-electron chi connectivity index (χ0n) is 8.53. The topological polar surface area (TPSA) is 63.3 Å². The molecule has 0 saturated carbocycles. The smallest absolute Gasteiger partial charge is 0.308 e. The van der Waals surface area contributed by atoms with Gasteiger partial charge in [-0.25, -0.2) is 4.39 Å². The summed E-state index contributed by atoms with van der Waals surface area (Å²) in [6.07, 6.45) is 0.345. The average Bonchev–Trinajstić information content (AvgIpc) is 2.16. The molecule has 0 aliphatic heterocycles. The molecule has 1 aromatic carbocycles. The van der Waals surface area contributed by atoms with Crippen LogP contribution < -0.4 is 5.73 Å². The molecule has 1 aromatic rings. The predicted octanol–water partition coefficient (Wildman–Crippen LogP) is 1.34. The number of carboxylic acids is 1. The van der Waals surface area contributed by atoms with Gasteiger partial charge in [0.2, 0.25) is 0 Å². The first-order valence-electron chi connectivity index (χ1n) is 4.72. The molecule has 0 bridgehead atoms. The fourth-order valence-electron chi connectivity index (χ4n) is 1.43. The molecule has 1 rings (SSSR count). The maximum Gasteiger partial charge on any atom is 0.308 e. The lowest BCUT2D eigenvalue weighted by Gasteiger charge is -2.11. The van der Waals surface area contributed by atoms with E-state index in [1.807, 2.05) is 0 Å². The van der Waals surface area contributed by atoms with E-state index >= 15 is 0 Å². The summed E-state index contributed by atoms with van der Waals surface area (Å²) >= 11 is 0. The minimum Gasteiger partial charge on any atom is -0.481 e. The zero-order valence-corrected chi connectivity index (χ0v) is 8.53. The van der Waals surface area contributed by atoms with E-state index in [4.69, 9.17) is 10.8 Å². The van der Waals surface area contributed by atoms with Crippen LogP contribution >= 0.6 is 0 Å². The SMILES string of the molecule is Cc1cc(F)ccc1C[C@@H](CN)C(=O)O. The molecule has 0 radical (unpaired) electrons. The Morgan fingerprint density at radius 3 is 2.73 bits per heavy atom. The minimum absolute atomic E-state index is 0.0894. The highest BCUT2D eigenvalue weighted by atomic mass is 19.1. The standard InChI is InChI=1S/C11H14FNO2/c1-7-4-10(12)3-2-8(7)5-9(6-13)11(14)15/h2-4,9H,5-6,13H2,1H3,(H,14,15)/t9-/m0/s1. The second kappa shape index (κ2) is 4.89. The fraction of sp³-hybridized carbons (Fsp3) is 0.364. The van der Waals surface area contributed by atoms with Crippen molar-refractivity contribution in [1.82, 2.24) is 0 Å². The minimum atomic E-state index is -0.916. The molecule has 0 spiro atoms. The second-order valence-electron chi connectivity index (χ2n) is 3.55. The molecule has 0 fully saturated rings. The van der Waals surface area contributed by atoms with Gasteiger partial charge in [0.1, 0.15) is 5.82 Å². The molecule has 1 atom stereocenters. The third-order valence-corrected chi connectivity index (χ3v) is 2.40. The van der Waals surface area contributed by atoms with Crippen LogP contribution in [0.1, 0.15) is 11.1 Å². The summed E-state index contributed by atoms with van der Waals surface area (Å²) in [4.78, 5) is 10.8. The number of hydrogen-bond acceptors (Lipinski definition) is 2. The van der Waals surface area contributed by atoms with Gasteiger partial charge >= 0.3 is 5.97 Å². The van der Waals surface area contributed by atoms with Crippen molar-refractivity contribution in [3.63, 3.8) is 0 Å². The molecule has 0 aliphatic carbocycles. The lowest BCUT2D eigenvalue weighted by atomic mass is 9.96. The van der Waals surface area contributed by atoms with E-state index in [0.29, 0.717) is 6.42 Å². The first-order valence-corrected chi connectivity index (χ1v) is 4.72. The third kappa shape index (κ3) is 3.02. The monoisotopic (exact) mass is 211 g/mol. The molecule has 0 saturated heterocycles. The van der Waals surface area contributed by atoms with Crippen LogP contribution in [-0.2, 0) is 11.2 Å². The number of carboxylic acid groups (broad SMARTS) is 1. The van der Waals surface area contributed by atoms with E-state index in [1.165, 1.54) is 12.1 Å². The summed E-state index contributed by atoms with van der Waals surface area (Å²) in [6.45, 7) is 1.85. The summed E-state index contributed by atoms with van der Waals surface area (Å²) in [5.41, 5.74) is 6.93. The Bertz CT molecular complexity index is 366. The maximum absolute atomic E-state index is 12.8. The number of carbonyl (C=O) groups is 1. The van der Waals surface area contributed by atoms with Crippen molar-refractivity contribution >= 4 is 5.97 Å². The summed E-state index contributed by atoms with van der Waals surface area (Å²) < 4.78 is 12.8. The molecule has 15 heavy (non-hydrogen) atoms. The number of aryl methyl sites for hydroxylation is 1. The van der Waals surface area contributed by atoms with Crippen LogP contribution in [0.2, 0.25) is 0 Å². The zero-order chi connectivity index (χ0) is 11.4. The van der Waals surface area contributed by atoms with Gasteiger partial charge in [0, 0.05) is 6.54 Å². The van der Waals surface area contributed by atoms with Gasteiger partial charge in [-0.05, 0) is 36.6 Å². The van der Waals surface area contributed by atoms with Crippen molar-refractivity contribution in [2.75, 3.05) is 6.54 Å². The summed E-state index contributed by atoms with van der Waals surface area (Å²) in [7, 11) is 0. The Morgan fingerprint density at radius 2 is 2.27 bits per heavy atom. The van der Waals surface area contributed by atoms with E-state index < -0.39 is 11.9 Å². The first-order chi connectivity index (χ1) is 7.04. The van der Waals surface area contributed by atoms with Gasteiger partial charge in [0.15, 0.2) is 0 Å². The van der Waals surface area contributed by atoms with Gasteiger partial charge in [-0.15, -0.1) is 0 Å². The number of aliphatic carboxylic acids is 1. The number of halogens is 1. The number of hydrogen-bond donors (Lipinski definition) is 2. The van der Waals surface area contributed by atoms with Gasteiger partial charge < -0.3 is 10.8 Å². The van der Waals surface area contributed by atoms with E-state index in [9.17, 15) is 9.18 Å². The molecule has 3 nitrogen and oxygen atoms in total. The van der Waals surface area contributed by atoms with Crippen LogP contribution in [0, 0.1) is 18.7 Å². The Morgan fingerprint density at radius 1 is 1.60 bits per heavy atom. The Balaban J connectivity index is 2.84. The quantitative estimate of drug-likeness (QED) is 0.789. The summed E-state index contributed by atoms with van der Waals surface area (Å²) in [5, 5.41) is 8.83. The molecule has 0 amide bonds. The number of nitrogens with two attached hydrogens (primary N) is 1. The van der Waals surface area contributed by atoms with Gasteiger partial charge in [-0.3, -0.25) is 4.79 Å². The molecule has 0 aliphatic rings. The van der Waals surface area contributed by atoms with Crippen LogP contribution in [0.25, 0.3) is 0 Å². The van der Waals surface area contributed by atoms with Crippen LogP contribution in [0.3, 0.4) is 0 Å². The molecule has 82 valence electrons. The van der Waals surface area contributed by atoms with Crippen molar-refractivity contribution in [2.24, 2.45) is 11.7 Å². The molecule has 4 heteroatoms. The van der Waals surface area contributed by atoms with Gasteiger partial charge in [-0.1, -0.05) is 6.07 Å². The van der Waals surface area contributed by atoms with Crippen molar-refractivity contribution in [3.05, 3.63) is 35.1 Å². The summed E-state index contributed by atoms with van der Waals surface area (Å²) in [6, 6.07) is 4.33. The lowest BCUT2D eigenvalue weighted by molar-refractivity contribution is -0.141. The number of benzene rings is 1. The maximum atomic E-state index is 12.8. The second-order valence-corrected chi connectivity index (χ2v) is 3.55. The van der Waals surface area contributed by atoms with Gasteiger partial charge in [0.05, 0.1) is 5.92 Å². The highest BCUT2D eigenvalue weighted by molar-refractivity contribution is 5.70. The third-order valence-electron chi connectivity index (χ3n) is 2.40. The van der Waals surface area contributed by atoms with E-state index in [1.54, 1.807) is 13.0 Å². The van der Waals surface area contributed by atoms with E-state index in [2.05, 4.69) is 0 Å². The van der Waals surface area contributed by atoms with Crippen molar-refractivity contribution in [2.45, 2.75) is 13.3 Å². The molecule has 0 aromatic heterocycles. The highest BCUT2D eigenvalue weighted by Crippen LogP contribution is 2.14. The Kier molecular flexibility index (Phi) is 3.80. The molecular formula is C11H14FNO2. The molecule has 0 heterocycles. The van der Waals surface area contributed by atoms with Crippen LogP contribution in [0.15, 0.2) is 18.2 Å². The Hall–Kier alpha value is -1.42. The van der Waals surface area contributed by atoms with E-state index in [-0.39, 0.29) is 12.4 Å². The first kappa shape index (κ1) is 11.7. The van der Waals surface area contributed by atoms with Crippen LogP contribution in [0.4, 0.5) is 4.39 Å². The van der Waals surface area contributed by atoms with E-state index in [0.717, 1.165) is 11.1 Å². The van der Waals surface area contributed by atoms with Gasteiger partial charge in [0.25, 0.3) is 0 Å². The van der Waals surface area contributed by atoms with Crippen molar-refractivity contribution < 1.29 is 14.3 Å². The highest BCUT2D eigenvalue weighted by Gasteiger charge is 2.16. The van der Waals surface area contributed by atoms with Crippen LogP contribution in [0.5, 0.6) is 0 Å². The van der Waals surface area contributed by atoms with Crippen LogP contribution in [-0.4, -0.2) is 17.6 Å². The fourth-order valence-corrected chi connectivity index (χ4v) is 1.43. The Labute approximate surface area is 87.7 Å². The lowest BCUT2D eigenvalue weighted by Crippen LogP contribution is -2.25. The van der Waals surface area contributed by atoms with Crippen molar-refractivity contribution in [1.29, 1.82) is 0 Å². The number of rotatable bonds is 4. The normalized spacial score (nSPS) is 12.5.